The van der Waals surface area contributed by atoms with E-state index in [9.17, 15) is 20.2 Å². The molecule has 1 amide bonds. The van der Waals surface area contributed by atoms with Gasteiger partial charge >= 0.3 is 0 Å². The van der Waals surface area contributed by atoms with Crippen molar-refractivity contribution in [1.29, 1.82) is 5.26 Å². The Balaban J connectivity index is 1.72. The van der Waals surface area contributed by atoms with Crippen LogP contribution in [0.4, 0.5) is 11.4 Å². The molecule has 0 aliphatic heterocycles. The van der Waals surface area contributed by atoms with E-state index in [4.69, 9.17) is 16.0 Å². The van der Waals surface area contributed by atoms with E-state index in [1.807, 2.05) is 12.1 Å². The lowest BCUT2D eigenvalue weighted by Gasteiger charge is -2.03. The van der Waals surface area contributed by atoms with Crippen LogP contribution in [0.15, 0.2) is 80.6 Å². The first-order valence-corrected chi connectivity index (χ1v) is 9.35. The molecule has 0 radical (unpaired) electrons. The fourth-order valence-electron chi connectivity index (χ4n) is 2.27. The molecule has 0 aliphatic rings. The Kier molecular flexibility index (Phi) is 6.34. The van der Waals surface area contributed by atoms with Gasteiger partial charge in [-0.3, -0.25) is 14.9 Å². The minimum atomic E-state index is -0.698. The van der Waals surface area contributed by atoms with Crippen molar-refractivity contribution in [2.75, 3.05) is 5.32 Å². The molecule has 3 aromatic rings. The molecule has 9 heteroatoms. The SMILES string of the molecule is N#C/C(=C\c1ccc(Sc2ccc(Cl)cc2)o1)C(=O)Nc1cccc([N+](=O)[O-])c1. The predicted molar refractivity (Wildman–Crippen MR) is 110 cm³/mol. The molecule has 1 aromatic heterocycles. The number of nitro groups is 1. The standard InChI is InChI=1S/C20H12ClN3O4S/c21-14-4-7-18(8-5-14)29-19-9-6-17(28-19)10-13(12-22)20(25)23-15-2-1-3-16(11-15)24(26)27/h1-11H,(H,23,25)/b13-10+. The molecule has 144 valence electrons. The van der Waals surface area contributed by atoms with Gasteiger partial charge in [-0.05, 0) is 42.5 Å². The molecule has 0 fully saturated rings. The number of nitriles is 1. The van der Waals surface area contributed by atoms with Gasteiger partial charge in [0, 0.05) is 33.8 Å². The second kappa shape index (κ2) is 9.10. The minimum absolute atomic E-state index is 0.166. The molecule has 0 aliphatic carbocycles. The third-order valence-electron chi connectivity index (χ3n) is 3.60. The summed E-state index contributed by atoms with van der Waals surface area (Å²) in [5.74, 6) is -0.372. The lowest BCUT2D eigenvalue weighted by atomic mass is 10.2. The average Bonchev–Trinajstić information content (AvgIpc) is 3.15. The molecule has 0 saturated heterocycles. The first-order chi connectivity index (χ1) is 13.9. The van der Waals surface area contributed by atoms with Gasteiger partial charge in [0.1, 0.15) is 17.4 Å². The number of non-ortho nitro benzene ring substituents is 1. The second-order valence-electron chi connectivity index (χ2n) is 5.64. The molecule has 1 heterocycles. The van der Waals surface area contributed by atoms with Crippen molar-refractivity contribution in [3.63, 3.8) is 0 Å². The highest BCUT2D eigenvalue weighted by Crippen LogP contribution is 2.30. The highest BCUT2D eigenvalue weighted by atomic mass is 35.5. The van der Waals surface area contributed by atoms with Crippen molar-refractivity contribution in [1.82, 2.24) is 0 Å². The molecule has 0 saturated carbocycles. The van der Waals surface area contributed by atoms with Crippen molar-refractivity contribution >= 4 is 46.7 Å². The number of amides is 1. The molecular weight excluding hydrogens is 414 g/mol. The Morgan fingerprint density at radius 3 is 2.66 bits per heavy atom. The minimum Gasteiger partial charge on any atom is -0.450 e. The van der Waals surface area contributed by atoms with Crippen LogP contribution in [0.3, 0.4) is 0 Å². The van der Waals surface area contributed by atoms with Crippen LogP contribution in [-0.2, 0) is 4.79 Å². The zero-order valence-electron chi connectivity index (χ0n) is 14.7. The quantitative estimate of drug-likeness (QED) is 0.240. The molecular formula is C20H12ClN3O4S. The topological polar surface area (TPSA) is 109 Å². The monoisotopic (exact) mass is 425 g/mol. The molecule has 7 nitrogen and oxygen atoms in total. The summed E-state index contributed by atoms with van der Waals surface area (Å²) in [6, 6.07) is 17.8. The van der Waals surface area contributed by atoms with Gasteiger partial charge < -0.3 is 9.73 Å². The van der Waals surface area contributed by atoms with Gasteiger partial charge in [0.15, 0.2) is 5.09 Å². The van der Waals surface area contributed by atoms with E-state index in [0.717, 1.165) is 4.90 Å². The molecule has 1 N–H and O–H groups in total. The van der Waals surface area contributed by atoms with Crippen molar-refractivity contribution in [3.05, 3.63) is 87.1 Å². The Bertz CT molecular complexity index is 1130. The van der Waals surface area contributed by atoms with Crippen LogP contribution in [0.25, 0.3) is 6.08 Å². The van der Waals surface area contributed by atoms with Gasteiger partial charge in [0.05, 0.1) is 4.92 Å². The lowest BCUT2D eigenvalue weighted by molar-refractivity contribution is -0.384. The molecule has 0 spiro atoms. The summed E-state index contributed by atoms with van der Waals surface area (Å²) in [5, 5.41) is 23.8. The third-order valence-corrected chi connectivity index (χ3v) is 4.78. The highest BCUT2D eigenvalue weighted by Gasteiger charge is 2.13. The summed E-state index contributed by atoms with van der Waals surface area (Å²) in [5.41, 5.74) is -0.155. The molecule has 0 atom stereocenters. The molecule has 29 heavy (non-hydrogen) atoms. The van der Waals surface area contributed by atoms with E-state index >= 15 is 0 Å². The maximum atomic E-state index is 12.3. The molecule has 0 unspecified atom stereocenters. The van der Waals surface area contributed by atoms with E-state index in [-0.39, 0.29) is 16.9 Å². The smallest absolute Gasteiger partial charge is 0.271 e. The Hall–Kier alpha value is -3.54. The average molecular weight is 426 g/mol. The Morgan fingerprint density at radius 2 is 1.97 bits per heavy atom. The maximum Gasteiger partial charge on any atom is 0.271 e. The fourth-order valence-corrected chi connectivity index (χ4v) is 3.18. The van der Waals surface area contributed by atoms with E-state index in [1.165, 1.54) is 42.1 Å². The van der Waals surface area contributed by atoms with Crippen LogP contribution in [0.1, 0.15) is 5.76 Å². The summed E-state index contributed by atoms with van der Waals surface area (Å²) in [7, 11) is 0. The Labute approximate surface area is 174 Å². The van der Waals surface area contributed by atoms with Crippen LogP contribution in [0.2, 0.25) is 5.02 Å². The first kappa shape index (κ1) is 20.2. The van der Waals surface area contributed by atoms with Crippen molar-refractivity contribution in [3.8, 4) is 6.07 Å². The van der Waals surface area contributed by atoms with Gasteiger partial charge in [-0.2, -0.15) is 5.26 Å². The number of hydrogen-bond donors (Lipinski definition) is 1. The summed E-state index contributed by atoms with van der Waals surface area (Å²) in [6.45, 7) is 0. The Morgan fingerprint density at radius 1 is 1.21 bits per heavy atom. The fraction of sp³-hybridized carbons (Fsp3) is 0. The summed E-state index contributed by atoms with van der Waals surface area (Å²) in [6.07, 6.45) is 1.30. The number of carbonyl (C=O) groups is 1. The third kappa shape index (κ3) is 5.48. The van der Waals surface area contributed by atoms with Gasteiger partial charge in [-0.15, -0.1) is 0 Å². The first-order valence-electron chi connectivity index (χ1n) is 8.15. The van der Waals surface area contributed by atoms with Crippen LogP contribution in [0.5, 0.6) is 0 Å². The summed E-state index contributed by atoms with van der Waals surface area (Å²) < 4.78 is 5.63. The number of nitro benzene ring substituents is 1. The number of nitrogens with zero attached hydrogens (tertiary/aromatic N) is 2. The second-order valence-corrected chi connectivity index (χ2v) is 7.16. The highest BCUT2D eigenvalue weighted by molar-refractivity contribution is 7.99. The summed E-state index contributed by atoms with van der Waals surface area (Å²) in [4.78, 5) is 23.5. The largest absolute Gasteiger partial charge is 0.450 e. The van der Waals surface area contributed by atoms with Crippen LogP contribution in [0, 0.1) is 21.4 Å². The number of furan rings is 1. The van der Waals surface area contributed by atoms with Gasteiger partial charge in [0.25, 0.3) is 11.6 Å². The number of benzene rings is 2. The van der Waals surface area contributed by atoms with Crippen molar-refractivity contribution < 1.29 is 14.1 Å². The zero-order chi connectivity index (χ0) is 20.8. The van der Waals surface area contributed by atoms with E-state index in [2.05, 4.69) is 5.32 Å². The zero-order valence-corrected chi connectivity index (χ0v) is 16.2. The van der Waals surface area contributed by atoms with Crippen LogP contribution < -0.4 is 5.32 Å². The number of carbonyl (C=O) groups excluding carboxylic acids is 1. The predicted octanol–water partition coefficient (Wildman–Crippen LogP) is 5.54. The van der Waals surface area contributed by atoms with Gasteiger partial charge in [-0.1, -0.05) is 29.4 Å². The maximum absolute atomic E-state index is 12.3. The number of anilines is 1. The van der Waals surface area contributed by atoms with Crippen molar-refractivity contribution in [2.24, 2.45) is 0 Å². The van der Waals surface area contributed by atoms with Gasteiger partial charge in [-0.25, -0.2) is 0 Å². The van der Waals surface area contributed by atoms with Crippen LogP contribution >= 0.6 is 23.4 Å². The number of halogens is 1. The molecule has 0 bridgehead atoms. The number of nitrogens with one attached hydrogen (secondary N) is 1. The summed E-state index contributed by atoms with van der Waals surface area (Å²) >= 11 is 7.23. The molecule has 3 rings (SSSR count). The number of rotatable bonds is 6. The number of hydrogen-bond acceptors (Lipinski definition) is 6. The lowest BCUT2D eigenvalue weighted by Crippen LogP contribution is -2.13. The van der Waals surface area contributed by atoms with Gasteiger partial charge in [0.2, 0.25) is 0 Å². The molecule has 2 aromatic carbocycles. The van der Waals surface area contributed by atoms with E-state index < -0.39 is 10.8 Å². The van der Waals surface area contributed by atoms with E-state index in [0.29, 0.717) is 15.9 Å². The van der Waals surface area contributed by atoms with E-state index in [1.54, 1.807) is 30.3 Å². The normalized spacial score (nSPS) is 11.0. The van der Waals surface area contributed by atoms with Crippen LogP contribution in [-0.4, -0.2) is 10.8 Å². The van der Waals surface area contributed by atoms with Crippen molar-refractivity contribution in [2.45, 2.75) is 9.99 Å².